The van der Waals surface area contributed by atoms with Gasteiger partial charge in [0.2, 0.25) is 5.91 Å². The van der Waals surface area contributed by atoms with Crippen LogP contribution in [0.3, 0.4) is 0 Å². The summed E-state index contributed by atoms with van der Waals surface area (Å²) >= 11 is 0. The first kappa shape index (κ1) is 13.0. The smallest absolute Gasteiger partial charge is 0.323 e. The molecule has 5 heteroatoms. The summed E-state index contributed by atoms with van der Waals surface area (Å²) in [7, 11) is 0. The van der Waals surface area contributed by atoms with Crippen molar-refractivity contribution in [2.24, 2.45) is 11.7 Å². The second-order valence-electron chi connectivity index (χ2n) is 4.06. The minimum atomic E-state index is -0.277. The third-order valence-corrected chi connectivity index (χ3v) is 3.01. The van der Waals surface area contributed by atoms with Crippen molar-refractivity contribution < 1.29 is 14.3 Å². The number of primary amides is 1. The highest BCUT2D eigenvalue weighted by Crippen LogP contribution is 2.20. The van der Waals surface area contributed by atoms with E-state index in [1.807, 2.05) is 11.8 Å². The number of carbonyl (C=O) groups is 2. The fraction of sp³-hybridized carbons (Fsp3) is 0.818. The van der Waals surface area contributed by atoms with E-state index >= 15 is 0 Å². The summed E-state index contributed by atoms with van der Waals surface area (Å²) in [5, 5.41) is 0. The van der Waals surface area contributed by atoms with Crippen LogP contribution >= 0.6 is 0 Å². The molecule has 92 valence electrons. The Kier molecular flexibility index (Phi) is 4.73. The maximum atomic E-state index is 11.7. The molecule has 1 saturated heterocycles. The summed E-state index contributed by atoms with van der Waals surface area (Å²) < 4.78 is 5.01. The zero-order chi connectivity index (χ0) is 12.1. The normalized spacial score (nSPS) is 23.0. The Morgan fingerprint density at radius 2 is 2.19 bits per heavy atom. The molecule has 1 rings (SSSR count). The Labute approximate surface area is 95.9 Å². The fourth-order valence-electron chi connectivity index (χ4n) is 2.12. The Morgan fingerprint density at radius 1 is 1.50 bits per heavy atom. The minimum absolute atomic E-state index is 0.122. The molecule has 1 amide bonds. The topological polar surface area (TPSA) is 72.6 Å². The molecule has 0 aromatic carbocycles. The summed E-state index contributed by atoms with van der Waals surface area (Å²) in [6, 6.07) is -0.232. The number of nitrogens with zero attached hydrogens (tertiary/aromatic N) is 1. The first-order valence-corrected chi connectivity index (χ1v) is 5.80. The molecule has 0 aromatic rings. The van der Waals surface area contributed by atoms with E-state index in [0.29, 0.717) is 19.6 Å². The van der Waals surface area contributed by atoms with Gasteiger partial charge in [0, 0.05) is 6.54 Å². The van der Waals surface area contributed by atoms with Crippen molar-refractivity contribution in [3.05, 3.63) is 0 Å². The highest BCUT2D eigenvalue weighted by Gasteiger charge is 2.34. The quantitative estimate of drug-likeness (QED) is 0.679. The Morgan fingerprint density at radius 3 is 2.62 bits per heavy atom. The van der Waals surface area contributed by atoms with Gasteiger partial charge in [-0.3, -0.25) is 14.5 Å². The van der Waals surface area contributed by atoms with Gasteiger partial charge in [0.25, 0.3) is 0 Å². The average Bonchev–Trinajstić information content (AvgIpc) is 2.68. The number of likely N-dealkylation sites (tertiary alicyclic amines) is 1. The molecule has 0 saturated carbocycles. The maximum absolute atomic E-state index is 11.7. The predicted octanol–water partition coefficient (Wildman–Crippen LogP) is 0.135. The van der Waals surface area contributed by atoms with Gasteiger partial charge in [-0.05, 0) is 26.3 Å². The van der Waals surface area contributed by atoms with Crippen molar-refractivity contribution in [2.75, 3.05) is 19.7 Å². The van der Waals surface area contributed by atoms with E-state index in [0.717, 1.165) is 13.0 Å². The van der Waals surface area contributed by atoms with Crippen LogP contribution in [-0.2, 0) is 14.3 Å². The molecule has 1 heterocycles. The van der Waals surface area contributed by atoms with E-state index < -0.39 is 0 Å². The van der Waals surface area contributed by atoms with Crippen molar-refractivity contribution >= 4 is 11.9 Å². The van der Waals surface area contributed by atoms with Gasteiger partial charge in [-0.15, -0.1) is 0 Å². The number of hydrogen-bond acceptors (Lipinski definition) is 4. The molecule has 2 unspecified atom stereocenters. The van der Waals surface area contributed by atoms with Gasteiger partial charge >= 0.3 is 5.97 Å². The Hall–Kier alpha value is -1.10. The van der Waals surface area contributed by atoms with Gasteiger partial charge in [-0.2, -0.15) is 0 Å². The molecular formula is C11H20N2O3. The number of hydrogen-bond donors (Lipinski definition) is 1. The van der Waals surface area contributed by atoms with Crippen LogP contribution in [0.15, 0.2) is 0 Å². The molecule has 0 bridgehead atoms. The van der Waals surface area contributed by atoms with Crippen molar-refractivity contribution in [1.29, 1.82) is 0 Å². The molecular weight excluding hydrogens is 208 g/mol. The van der Waals surface area contributed by atoms with Gasteiger partial charge in [-0.25, -0.2) is 0 Å². The highest BCUT2D eigenvalue weighted by atomic mass is 16.5. The zero-order valence-electron chi connectivity index (χ0n) is 9.94. The van der Waals surface area contributed by atoms with Crippen molar-refractivity contribution in [3.8, 4) is 0 Å². The molecule has 0 aliphatic carbocycles. The summed E-state index contributed by atoms with van der Waals surface area (Å²) in [4.78, 5) is 24.7. The van der Waals surface area contributed by atoms with E-state index in [-0.39, 0.29) is 23.8 Å². The molecule has 2 atom stereocenters. The lowest BCUT2D eigenvalue weighted by molar-refractivity contribution is -0.149. The van der Waals surface area contributed by atoms with Crippen molar-refractivity contribution in [1.82, 2.24) is 4.90 Å². The van der Waals surface area contributed by atoms with Gasteiger partial charge in [0.1, 0.15) is 6.04 Å². The van der Waals surface area contributed by atoms with E-state index in [9.17, 15) is 9.59 Å². The third kappa shape index (κ3) is 2.95. The summed E-state index contributed by atoms with van der Waals surface area (Å²) in [5.41, 5.74) is 5.25. The number of nitrogens with two attached hydrogens (primary N) is 1. The first-order chi connectivity index (χ1) is 7.60. The predicted molar refractivity (Wildman–Crippen MR) is 59.6 cm³/mol. The second kappa shape index (κ2) is 5.84. The molecule has 1 aliphatic heterocycles. The molecule has 1 fully saturated rings. The van der Waals surface area contributed by atoms with Crippen LogP contribution in [-0.4, -0.2) is 42.5 Å². The molecule has 0 radical (unpaired) electrons. The van der Waals surface area contributed by atoms with Gasteiger partial charge in [0.05, 0.1) is 12.5 Å². The van der Waals surface area contributed by atoms with Crippen LogP contribution in [0.4, 0.5) is 0 Å². The monoisotopic (exact) mass is 228 g/mol. The van der Waals surface area contributed by atoms with Crippen molar-refractivity contribution in [3.63, 3.8) is 0 Å². The maximum Gasteiger partial charge on any atom is 0.323 e. The van der Waals surface area contributed by atoms with Gasteiger partial charge in [-0.1, -0.05) is 6.92 Å². The molecule has 5 nitrogen and oxygen atoms in total. The van der Waals surface area contributed by atoms with Crippen LogP contribution in [0.2, 0.25) is 0 Å². The lowest BCUT2D eigenvalue weighted by atomic mass is 10.1. The fourth-order valence-corrected chi connectivity index (χ4v) is 2.12. The lowest BCUT2D eigenvalue weighted by Gasteiger charge is -2.24. The molecule has 2 N–H and O–H groups in total. The zero-order valence-corrected chi connectivity index (χ0v) is 9.94. The molecule has 16 heavy (non-hydrogen) atoms. The minimum Gasteiger partial charge on any atom is -0.465 e. The van der Waals surface area contributed by atoms with E-state index in [4.69, 9.17) is 10.5 Å². The van der Waals surface area contributed by atoms with Crippen LogP contribution < -0.4 is 5.73 Å². The standard InChI is InChI=1S/C11H20N2O3/c1-3-9(11(15)16-4-2)13-6-5-8(7-13)10(12)14/h8-9H,3-7H2,1-2H3,(H2,12,14). The summed E-state index contributed by atoms with van der Waals surface area (Å²) in [5.74, 6) is -0.597. The summed E-state index contributed by atoms with van der Waals surface area (Å²) in [6.07, 6.45) is 1.44. The largest absolute Gasteiger partial charge is 0.465 e. The molecule has 0 aromatic heterocycles. The third-order valence-electron chi connectivity index (χ3n) is 3.01. The second-order valence-corrected chi connectivity index (χ2v) is 4.06. The van der Waals surface area contributed by atoms with Crippen LogP contribution in [0, 0.1) is 5.92 Å². The molecule has 0 spiro atoms. The number of carbonyl (C=O) groups excluding carboxylic acids is 2. The van der Waals surface area contributed by atoms with Gasteiger partial charge < -0.3 is 10.5 Å². The summed E-state index contributed by atoms with van der Waals surface area (Å²) in [6.45, 7) is 5.44. The van der Waals surface area contributed by atoms with E-state index in [1.165, 1.54) is 0 Å². The lowest BCUT2D eigenvalue weighted by Crippen LogP contribution is -2.41. The molecule has 1 aliphatic rings. The number of ether oxygens (including phenoxy) is 1. The van der Waals surface area contributed by atoms with Crippen molar-refractivity contribution in [2.45, 2.75) is 32.7 Å². The number of esters is 1. The average molecular weight is 228 g/mol. The number of amides is 1. The highest BCUT2D eigenvalue weighted by molar-refractivity contribution is 5.78. The van der Waals surface area contributed by atoms with E-state index in [2.05, 4.69) is 0 Å². The van der Waals surface area contributed by atoms with Crippen LogP contribution in [0.25, 0.3) is 0 Å². The first-order valence-electron chi connectivity index (χ1n) is 5.80. The Bertz CT molecular complexity index is 268. The van der Waals surface area contributed by atoms with Crippen LogP contribution in [0.5, 0.6) is 0 Å². The number of rotatable bonds is 5. The SMILES string of the molecule is CCOC(=O)C(CC)N1CCC(C(N)=O)C1. The Balaban J connectivity index is 2.55. The van der Waals surface area contributed by atoms with E-state index in [1.54, 1.807) is 6.92 Å². The van der Waals surface area contributed by atoms with Gasteiger partial charge in [0.15, 0.2) is 0 Å². The van der Waals surface area contributed by atoms with Crippen LogP contribution in [0.1, 0.15) is 26.7 Å².